The first kappa shape index (κ1) is 23.7. The van der Waals surface area contributed by atoms with Crippen LogP contribution in [0.1, 0.15) is 33.4 Å². The summed E-state index contributed by atoms with van der Waals surface area (Å²) >= 11 is 0. The van der Waals surface area contributed by atoms with Crippen LogP contribution in [0, 0.1) is 5.82 Å². The van der Waals surface area contributed by atoms with E-state index in [0.717, 1.165) is 44.3 Å². The van der Waals surface area contributed by atoms with Crippen LogP contribution in [-0.2, 0) is 20.5 Å². The second-order valence-electron chi connectivity index (χ2n) is 10.2. The molecule has 0 unspecified atom stereocenters. The van der Waals surface area contributed by atoms with Crippen LogP contribution >= 0.6 is 0 Å². The predicted molar refractivity (Wildman–Crippen MR) is 136 cm³/mol. The minimum absolute atomic E-state index is 0.317. The molecule has 0 saturated heterocycles. The Balaban J connectivity index is 1.91. The first-order valence-electron chi connectivity index (χ1n) is 11.6. The van der Waals surface area contributed by atoms with Gasteiger partial charge in [0.15, 0.2) is 5.54 Å². The lowest BCUT2D eigenvalue weighted by Gasteiger charge is -2.28. The number of aromatic nitrogens is 5. The average molecular weight is 490 g/mol. The van der Waals surface area contributed by atoms with Crippen molar-refractivity contribution in [1.82, 2.24) is 24.5 Å². The van der Waals surface area contributed by atoms with Gasteiger partial charge in [0.25, 0.3) is 0 Å². The van der Waals surface area contributed by atoms with Crippen LogP contribution in [0.5, 0.6) is 0 Å². The number of hydrogen-bond acceptors (Lipinski definition) is 4. The number of carboxylic acids is 1. The highest BCUT2D eigenvalue weighted by Crippen LogP contribution is 2.44. The minimum atomic E-state index is -1.23. The quantitative estimate of drug-likeness (QED) is 0.325. The van der Waals surface area contributed by atoms with E-state index in [0.29, 0.717) is 6.61 Å². The molecule has 5 aromatic rings. The van der Waals surface area contributed by atoms with Crippen molar-refractivity contribution in [3.05, 3.63) is 66.5 Å². The third-order valence-electron chi connectivity index (χ3n) is 6.73. The number of carboxylic acid groups (broad SMARTS) is 1. The van der Waals surface area contributed by atoms with Gasteiger partial charge in [-0.05, 0) is 50.2 Å². The van der Waals surface area contributed by atoms with Crippen LogP contribution in [0.2, 0.25) is 0 Å². The van der Waals surface area contributed by atoms with Crippen molar-refractivity contribution >= 4 is 27.8 Å². The molecule has 0 amide bonds. The third kappa shape index (κ3) is 3.67. The van der Waals surface area contributed by atoms with E-state index in [9.17, 15) is 14.3 Å². The molecule has 2 aromatic carbocycles. The second kappa shape index (κ2) is 8.30. The number of rotatable bonds is 7. The van der Waals surface area contributed by atoms with Gasteiger partial charge in [0.05, 0.1) is 30.0 Å². The smallest absolute Gasteiger partial charge is 0.331 e. The van der Waals surface area contributed by atoms with Gasteiger partial charge >= 0.3 is 5.97 Å². The molecule has 8 nitrogen and oxygen atoms in total. The van der Waals surface area contributed by atoms with Gasteiger partial charge in [-0.1, -0.05) is 13.8 Å². The molecule has 0 spiro atoms. The van der Waals surface area contributed by atoms with Crippen LogP contribution in [0.4, 0.5) is 4.39 Å². The first-order chi connectivity index (χ1) is 17.0. The molecule has 2 N–H and O–H groups in total. The zero-order valence-corrected chi connectivity index (χ0v) is 20.8. The minimum Gasteiger partial charge on any atom is -0.479 e. The van der Waals surface area contributed by atoms with Crippen LogP contribution in [-0.4, -0.2) is 49.3 Å². The number of H-pyrrole nitrogens is 1. The Hall–Kier alpha value is -3.98. The van der Waals surface area contributed by atoms with Crippen molar-refractivity contribution in [1.29, 1.82) is 0 Å². The van der Waals surface area contributed by atoms with Gasteiger partial charge in [0.1, 0.15) is 5.82 Å². The standard InChI is InChI=1S/C27H28FN5O3/c1-26(2,15-36-5)24-23(17-13-30-32(14-17)27(3,4)25(34)35)20-11-21-16(12-29-31-21)10-22(20)33(24)19-8-6-18(28)7-9-19/h6-14H,15H2,1-5H3,(H,29,31)(H,34,35). The van der Waals surface area contributed by atoms with E-state index in [2.05, 4.69) is 39.8 Å². The van der Waals surface area contributed by atoms with Crippen molar-refractivity contribution in [2.75, 3.05) is 13.7 Å². The Morgan fingerprint density at radius 3 is 2.53 bits per heavy atom. The first-order valence-corrected chi connectivity index (χ1v) is 11.6. The van der Waals surface area contributed by atoms with Crippen LogP contribution in [0.15, 0.2) is 55.0 Å². The van der Waals surface area contributed by atoms with E-state index in [-0.39, 0.29) is 5.82 Å². The SMILES string of the molecule is COCC(C)(C)c1c(-c2cnn(C(C)(C)C(=O)O)c2)c2cc3[nH]ncc3cc2n1-c1ccc(F)cc1. The Kier molecular flexibility index (Phi) is 5.48. The monoisotopic (exact) mass is 489 g/mol. The number of methoxy groups -OCH3 is 1. The summed E-state index contributed by atoms with van der Waals surface area (Å²) in [6.07, 6.45) is 5.23. The average Bonchev–Trinajstić information content (AvgIpc) is 3.55. The maximum atomic E-state index is 13.9. The second-order valence-corrected chi connectivity index (χ2v) is 10.2. The molecule has 3 aromatic heterocycles. The molecule has 0 aliphatic carbocycles. The van der Waals surface area contributed by atoms with E-state index in [1.165, 1.54) is 16.8 Å². The molecule has 0 radical (unpaired) electrons. The summed E-state index contributed by atoms with van der Waals surface area (Å²) in [6.45, 7) is 7.82. The summed E-state index contributed by atoms with van der Waals surface area (Å²) in [5, 5.41) is 23.3. The lowest BCUT2D eigenvalue weighted by atomic mass is 9.85. The van der Waals surface area contributed by atoms with E-state index in [1.807, 2.05) is 6.07 Å². The highest BCUT2D eigenvalue weighted by atomic mass is 19.1. The van der Waals surface area contributed by atoms with Gasteiger partial charge in [-0.15, -0.1) is 0 Å². The lowest BCUT2D eigenvalue weighted by molar-refractivity contribution is -0.146. The Bertz CT molecular complexity index is 1590. The molecule has 36 heavy (non-hydrogen) atoms. The molecule has 186 valence electrons. The van der Waals surface area contributed by atoms with E-state index < -0.39 is 16.9 Å². The van der Waals surface area contributed by atoms with Gasteiger partial charge in [-0.25, -0.2) is 9.18 Å². The maximum absolute atomic E-state index is 13.9. The summed E-state index contributed by atoms with van der Waals surface area (Å²) < 4.78 is 23.1. The number of fused-ring (bicyclic) bond motifs is 2. The number of aliphatic carboxylic acids is 1. The van der Waals surface area contributed by atoms with Crippen LogP contribution < -0.4 is 0 Å². The van der Waals surface area contributed by atoms with Gasteiger partial charge in [0.2, 0.25) is 0 Å². The normalized spacial score (nSPS) is 12.6. The lowest BCUT2D eigenvalue weighted by Crippen LogP contribution is -2.35. The molecule has 0 aliphatic heterocycles. The molecule has 5 rings (SSSR count). The molecule has 3 heterocycles. The molecular weight excluding hydrogens is 461 g/mol. The van der Waals surface area contributed by atoms with Crippen LogP contribution in [0.25, 0.3) is 38.6 Å². The summed E-state index contributed by atoms with van der Waals surface area (Å²) in [6, 6.07) is 10.5. The van der Waals surface area contributed by atoms with Crippen molar-refractivity contribution in [3.63, 3.8) is 0 Å². The molecule has 0 saturated carbocycles. The third-order valence-corrected chi connectivity index (χ3v) is 6.73. The van der Waals surface area contributed by atoms with Gasteiger partial charge in [-0.2, -0.15) is 10.2 Å². The molecule has 9 heteroatoms. The number of halogens is 1. The maximum Gasteiger partial charge on any atom is 0.331 e. The highest BCUT2D eigenvalue weighted by molar-refractivity contribution is 6.05. The Labute approximate surface area is 207 Å². The number of hydrogen-bond donors (Lipinski definition) is 2. The fourth-order valence-corrected chi connectivity index (χ4v) is 4.80. The molecular formula is C27H28FN5O3. The zero-order chi connectivity index (χ0) is 25.8. The van der Waals surface area contributed by atoms with Crippen LogP contribution in [0.3, 0.4) is 0 Å². The van der Waals surface area contributed by atoms with Gasteiger partial charge < -0.3 is 14.4 Å². The van der Waals surface area contributed by atoms with Crippen molar-refractivity contribution in [3.8, 4) is 16.8 Å². The van der Waals surface area contributed by atoms with Crippen molar-refractivity contribution in [2.45, 2.75) is 38.6 Å². The predicted octanol–water partition coefficient (Wildman–Crippen LogP) is 5.25. The van der Waals surface area contributed by atoms with E-state index in [4.69, 9.17) is 4.74 Å². The molecule has 0 fully saturated rings. The molecule has 0 bridgehead atoms. The summed E-state index contributed by atoms with van der Waals surface area (Å²) in [7, 11) is 1.66. The van der Waals surface area contributed by atoms with Crippen molar-refractivity contribution in [2.24, 2.45) is 0 Å². The Morgan fingerprint density at radius 2 is 1.86 bits per heavy atom. The summed E-state index contributed by atoms with van der Waals surface area (Å²) in [5.41, 5.74) is 3.49. The van der Waals surface area contributed by atoms with Gasteiger partial charge in [0, 0.05) is 52.0 Å². The number of benzene rings is 2. The fourth-order valence-electron chi connectivity index (χ4n) is 4.80. The number of aromatic amines is 1. The zero-order valence-electron chi connectivity index (χ0n) is 20.8. The summed E-state index contributed by atoms with van der Waals surface area (Å²) in [5.74, 6) is -1.30. The van der Waals surface area contributed by atoms with Crippen molar-refractivity contribution < 1.29 is 19.0 Å². The molecule has 0 aliphatic rings. The van der Waals surface area contributed by atoms with E-state index >= 15 is 0 Å². The topological polar surface area (TPSA) is 98.0 Å². The highest BCUT2D eigenvalue weighted by Gasteiger charge is 2.35. The Morgan fingerprint density at radius 1 is 1.14 bits per heavy atom. The van der Waals surface area contributed by atoms with Gasteiger partial charge in [-0.3, -0.25) is 9.78 Å². The number of ether oxygens (including phenoxy) is 1. The summed E-state index contributed by atoms with van der Waals surface area (Å²) in [4.78, 5) is 11.9. The number of carbonyl (C=O) groups is 1. The molecule has 0 atom stereocenters. The number of nitrogens with zero attached hydrogens (tertiary/aromatic N) is 4. The fraction of sp³-hybridized carbons (Fsp3) is 0.296. The van der Waals surface area contributed by atoms with E-state index in [1.54, 1.807) is 51.7 Å². The largest absolute Gasteiger partial charge is 0.479 e. The number of nitrogens with one attached hydrogen (secondary N) is 1.